The maximum absolute atomic E-state index is 12.6. The maximum Gasteiger partial charge on any atom is 0.253 e. The Morgan fingerprint density at radius 2 is 1.91 bits per heavy atom. The van der Waals surface area contributed by atoms with Crippen LogP contribution in [0.5, 0.6) is 0 Å². The number of piperidine rings is 1. The SMILES string of the molecule is CC(N)C1CCN(C(=O)c2cccc(NC(=O)C3CC3)c2)CC1. The average Bonchev–Trinajstić information content (AvgIpc) is 3.39. The molecule has 2 aliphatic rings. The van der Waals surface area contributed by atoms with Gasteiger partial charge in [0.25, 0.3) is 5.91 Å². The highest BCUT2D eigenvalue weighted by atomic mass is 16.2. The van der Waals surface area contributed by atoms with Crippen LogP contribution in [0, 0.1) is 11.8 Å². The molecule has 1 saturated carbocycles. The Morgan fingerprint density at radius 3 is 2.52 bits per heavy atom. The molecular weight excluding hydrogens is 290 g/mol. The minimum absolute atomic E-state index is 0.0376. The zero-order valence-corrected chi connectivity index (χ0v) is 13.6. The summed E-state index contributed by atoms with van der Waals surface area (Å²) in [5, 5.41) is 2.90. The molecule has 3 rings (SSSR count). The van der Waals surface area contributed by atoms with E-state index in [1.54, 1.807) is 6.07 Å². The molecule has 5 heteroatoms. The minimum atomic E-state index is 0.0376. The van der Waals surface area contributed by atoms with E-state index in [2.05, 4.69) is 5.32 Å². The number of carbonyl (C=O) groups excluding carboxylic acids is 2. The lowest BCUT2D eigenvalue weighted by Crippen LogP contribution is -2.42. The number of benzene rings is 1. The first-order chi connectivity index (χ1) is 11.0. The Bertz CT molecular complexity index is 588. The number of hydrogen-bond donors (Lipinski definition) is 2. The first kappa shape index (κ1) is 16.0. The van der Waals surface area contributed by atoms with Crippen molar-refractivity contribution in [3.63, 3.8) is 0 Å². The molecule has 1 saturated heterocycles. The average molecular weight is 315 g/mol. The van der Waals surface area contributed by atoms with E-state index in [1.165, 1.54) is 0 Å². The van der Waals surface area contributed by atoms with Gasteiger partial charge in [0, 0.05) is 36.3 Å². The second-order valence-corrected chi connectivity index (χ2v) is 6.83. The molecule has 1 heterocycles. The van der Waals surface area contributed by atoms with E-state index in [0.29, 0.717) is 17.2 Å². The second kappa shape index (κ2) is 6.71. The summed E-state index contributed by atoms with van der Waals surface area (Å²) in [6.45, 7) is 3.54. The van der Waals surface area contributed by atoms with Crippen LogP contribution in [0.3, 0.4) is 0 Å². The Labute approximate surface area is 137 Å². The van der Waals surface area contributed by atoms with Crippen molar-refractivity contribution in [2.75, 3.05) is 18.4 Å². The fraction of sp³-hybridized carbons (Fsp3) is 0.556. The lowest BCUT2D eigenvalue weighted by Gasteiger charge is -2.33. The van der Waals surface area contributed by atoms with Crippen LogP contribution < -0.4 is 11.1 Å². The summed E-state index contributed by atoms with van der Waals surface area (Å²) >= 11 is 0. The van der Waals surface area contributed by atoms with Gasteiger partial charge in [-0.1, -0.05) is 6.07 Å². The minimum Gasteiger partial charge on any atom is -0.339 e. The van der Waals surface area contributed by atoms with Gasteiger partial charge in [0.2, 0.25) is 5.91 Å². The topological polar surface area (TPSA) is 75.4 Å². The summed E-state index contributed by atoms with van der Waals surface area (Å²) in [4.78, 5) is 26.4. The fourth-order valence-electron chi connectivity index (χ4n) is 3.13. The molecule has 2 fully saturated rings. The van der Waals surface area contributed by atoms with Gasteiger partial charge >= 0.3 is 0 Å². The number of hydrogen-bond acceptors (Lipinski definition) is 3. The normalized spacial score (nSPS) is 20.2. The quantitative estimate of drug-likeness (QED) is 0.894. The van der Waals surface area contributed by atoms with E-state index in [-0.39, 0.29) is 23.8 Å². The predicted molar refractivity (Wildman–Crippen MR) is 90.1 cm³/mol. The summed E-state index contributed by atoms with van der Waals surface area (Å²) in [6, 6.07) is 7.44. The van der Waals surface area contributed by atoms with Crippen molar-refractivity contribution >= 4 is 17.5 Å². The third-order valence-electron chi connectivity index (χ3n) is 4.90. The summed E-state index contributed by atoms with van der Waals surface area (Å²) in [7, 11) is 0. The second-order valence-electron chi connectivity index (χ2n) is 6.83. The number of rotatable bonds is 4. The molecule has 5 nitrogen and oxygen atoms in total. The van der Waals surface area contributed by atoms with Crippen LogP contribution in [-0.4, -0.2) is 35.8 Å². The van der Waals surface area contributed by atoms with Crippen molar-refractivity contribution in [2.24, 2.45) is 17.6 Å². The molecule has 23 heavy (non-hydrogen) atoms. The van der Waals surface area contributed by atoms with E-state index in [0.717, 1.165) is 38.8 Å². The lowest BCUT2D eigenvalue weighted by molar-refractivity contribution is -0.117. The van der Waals surface area contributed by atoms with Crippen LogP contribution in [0.4, 0.5) is 5.69 Å². The highest BCUT2D eigenvalue weighted by Gasteiger charge is 2.30. The summed E-state index contributed by atoms with van der Waals surface area (Å²) in [5.74, 6) is 0.762. The monoisotopic (exact) mass is 315 g/mol. The molecule has 124 valence electrons. The third-order valence-corrected chi connectivity index (χ3v) is 4.90. The Kier molecular flexibility index (Phi) is 4.66. The Hall–Kier alpha value is -1.88. The van der Waals surface area contributed by atoms with Crippen molar-refractivity contribution in [3.05, 3.63) is 29.8 Å². The molecule has 1 aliphatic carbocycles. The molecule has 0 bridgehead atoms. The molecule has 0 spiro atoms. The molecule has 1 aromatic carbocycles. The maximum atomic E-state index is 12.6. The number of carbonyl (C=O) groups is 2. The van der Waals surface area contributed by atoms with Crippen molar-refractivity contribution in [3.8, 4) is 0 Å². The predicted octanol–water partition coefficient (Wildman–Crippen LogP) is 2.23. The molecule has 0 radical (unpaired) electrons. The van der Waals surface area contributed by atoms with Crippen molar-refractivity contribution in [2.45, 2.75) is 38.6 Å². The van der Waals surface area contributed by atoms with Gasteiger partial charge in [0.15, 0.2) is 0 Å². The number of nitrogens with one attached hydrogen (secondary N) is 1. The van der Waals surface area contributed by atoms with Gasteiger partial charge in [0.1, 0.15) is 0 Å². The zero-order chi connectivity index (χ0) is 16.4. The third kappa shape index (κ3) is 3.91. The fourth-order valence-corrected chi connectivity index (χ4v) is 3.13. The zero-order valence-electron chi connectivity index (χ0n) is 13.6. The largest absolute Gasteiger partial charge is 0.339 e. The molecule has 1 aromatic rings. The van der Waals surface area contributed by atoms with Crippen LogP contribution in [0.2, 0.25) is 0 Å². The molecule has 1 atom stereocenters. The van der Waals surface area contributed by atoms with Gasteiger partial charge in [-0.3, -0.25) is 9.59 Å². The molecular formula is C18H25N3O2. The van der Waals surface area contributed by atoms with Crippen LogP contribution >= 0.6 is 0 Å². The number of likely N-dealkylation sites (tertiary alicyclic amines) is 1. The van der Waals surface area contributed by atoms with E-state index in [4.69, 9.17) is 5.73 Å². The van der Waals surface area contributed by atoms with E-state index in [9.17, 15) is 9.59 Å². The molecule has 3 N–H and O–H groups in total. The van der Waals surface area contributed by atoms with Gasteiger partial charge in [0.05, 0.1) is 0 Å². The smallest absolute Gasteiger partial charge is 0.253 e. The molecule has 2 amide bonds. The molecule has 1 unspecified atom stereocenters. The number of amides is 2. The van der Waals surface area contributed by atoms with Crippen molar-refractivity contribution < 1.29 is 9.59 Å². The Morgan fingerprint density at radius 1 is 1.22 bits per heavy atom. The van der Waals surface area contributed by atoms with Gasteiger partial charge in [-0.25, -0.2) is 0 Å². The van der Waals surface area contributed by atoms with E-state index >= 15 is 0 Å². The number of nitrogens with zero attached hydrogens (tertiary/aromatic N) is 1. The summed E-state index contributed by atoms with van der Waals surface area (Å²) in [6.07, 6.45) is 3.86. The van der Waals surface area contributed by atoms with Crippen LogP contribution in [0.25, 0.3) is 0 Å². The standard InChI is InChI=1S/C18H25N3O2/c1-12(19)13-7-9-21(10-8-13)18(23)15-3-2-4-16(11-15)20-17(22)14-5-6-14/h2-4,11-14H,5-10,19H2,1H3,(H,20,22). The number of nitrogens with two attached hydrogens (primary N) is 1. The van der Waals surface area contributed by atoms with Crippen LogP contribution in [0.1, 0.15) is 43.0 Å². The van der Waals surface area contributed by atoms with Gasteiger partial charge in [-0.2, -0.15) is 0 Å². The Balaban J connectivity index is 1.62. The van der Waals surface area contributed by atoms with Gasteiger partial charge in [-0.05, 0) is 56.7 Å². The summed E-state index contributed by atoms with van der Waals surface area (Å²) in [5.41, 5.74) is 7.30. The van der Waals surface area contributed by atoms with Crippen molar-refractivity contribution in [1.82, 2.24) is 4.90 Å². The van der Waals surface area contributed by atoms with Crippen LogP contribution in [-0.2, 0) is 4.79 Å². The van der Waals surface area contributed by atoms with Gasteiger partial charge < -0.3 is 16.0 Å². The van der Waals surface area contributed by atoms with E-state index < -0.39 is 0 Å². The summed E-state index contributed by atoms with van der Waals surface area (Å²) < 4.78 is 0. The number of anilines is 1. The highest BCUT2D eigenvalue weighted by molar-refractivity contribution is 5.98. The first-order valence-electron chi connectivity index (χ1n) is 8.50. The lowest BCUT2D eigenvalue weighted by atomic mass is 9.90. The first-order valence-corrected chi connectivity index (χ1v) is 8.50. The molecule has 0 aromatic heterocycles. The molecule has 1 aliphatic heterocycles. The highest BCUT2D eigenvalue weighted by Crippen LogP contribution is 2.30. The van der Waals surface area contributed by atoms with Crippen molar-refractivity contribution in [1.29, 1.82) is 0 Å². The van der Waals surface area contributed by atoms with Crippen LogP contribution in [0.15, 0.2) is 24.3 Å². The van der Waals surface area contributed by atoms with Gasteiger partial charge in [-0.15, -0.1) is 0 Å². The van der Waals surface area contributed by atoms with E-state index in [1.807, 2.05) is 30.0 Å².